The molecule has 0 N–H and O–H groups in total. The molecule has 2 aromatic carbocycles. The third-order valence-electron chi connectivity index (χ3n) is 4.47. The Balaban J connectivity index is 1.62. The second-order valence-electron chi connectivity index (χ2n) is 6.50. The van der Waals surface area contributed by atoms with E-state index < -0.39 is 11.6 Å². The topological polar surface area (TPSA) is 73.6 Å². The third kappa shape index (κ3) is 5.28. The van der Waals surface area contributed by atoms with Gasteiger partial charge >= 0.3 is 11.6 Å². The molecule has 0 aliphatic rings. The maximum Gasteiger partial charge on any atom is 0.336 e. The Hall–Kier alpha value is -2.57. The van der Waals surface area contributed by atoms with Gasteiger partial charge in [-0.25, -0.2) is 4.79 Å². The first-order chi connectivity index (χ1) is 13.9. The van der Waals surface area contributed by atoms with E-state index in [-0.39, 0.29) is 25.2 Å². The number of ether oxygens (including phenoxy) is 1. The van der Waals surface area contributed by atoms with Crippen molar-refractivity contribution in [2.24, 2.45) is 0 Å². The van der Waals surface area contributed by atoms with Crippen molar-refractivity contribution in [2.75, 3.05) is 6.26 Å². The molecule has 3 rings (SSSR count). The second-order valence-corrected chi connectivity index (χ2v) is 7.79. The number of benzene rings is 2. The quantitative estimate of drug-likeness (QED) is 0.222. The molecule has 29 heavy (non-hydrogen) atoms. The molecule has 1 heterocycles. The van der Waals surface area contributed by atoms with Crippen molar-refractivity contribution in [3.63, 3.8) is 0 Å². The van der Waals surface area contributed by atoms with Crippen LogP contribution < -0.4 is 5.63 Å². The first-order valence-electron chi connectivity index (χ1n) is 8.93. The maximum atomic E-state index is 12.2. The third-order valence-corrected chi connectivity index (χ3v) is 5.62. The predicted octanol–water partition coefficient (Wildman–Crippen LogP) is 5.18. The van der Waals surface area contributed by atoms with E-state index in [9.17, 15) is 14.4 Å². The molecule has 5 nitrogen and oxygen atoms in total. The van der Waals surface area contributed by atoms with E-state index in [1.165, 1.54) is 6.07 Å². The summed E-state index contributed by atoms with van der Waals surface area (Å²) in [6.07, 6.45) is 1.98. The first kappa shape index (κ1) is 21.1. The lowest BCUT2D eigenvalue weighted by Gasteiger charge is -2.09. The molecule has 0 aliphatic carbocycles. The average Bonchev–Trinajstić information content (AvgIpc) is 2.71. The number of halogens is 1. The van der Waals surface area contributed by atoms with Gasteiger partial charge in [0.15, 0.2) is 5.78 Å². The summed E-state index contributed by atoms with van der Waals surface area (Å²) in [6, 6.07) is 11.9. The zero-order valence-corrected chi connectivity index (χ0v) is 17.6. The van der Waals surface area contributed by atoms with Gasteiger partial charge in [-0.3, -0.25) is 9.59 Å². The second kappa shape index (κ2) is 9.29. The molecule has 0 fully saturated rings. The van der Waals surface area contributed by atoms with E-state index >= 15 is 0 Å². The summed E-state index contributed by atoms with van der Waals surface area (Å²) in [7, 11) is 0. The van der Waals surface area contributed by atoms with E-state index in [0.717, 1.165) is 10.5 Å². The smallest absolute Gasteiger partial charge is 0.336 e. The predicted molar refractivity (Wildman–Crippen MR) is 114 cm³/mol. The molecule has 0 unspecified atom stereocenters. The van der Waals surface area contributed by atoms with E-state index in [1.807, 2.05) is 18.4 Å². The number of Topliss-reactive ketones (excluding diaryl/α,β-unsaturated/α-hetero) is 1. The number of ketones is 1. The number of carbonyl (C=O) groups excluding carboxylic acids is 2. The highest BCUT2D eigenvalue weighted by Gasteiger charge is 2.13. The van der Waals surface area contributed by atoms with Crippen LogP contribution in [-0.4, -0.2) is 18.0 Å². The molecule has 1 aromatic heterocycles. The van der Waals surface area contributed by atoms with Gasteiger partial charge in [-0.15, -0.1) is 11.8 Å². The highest BCUT2D eigenvalue weighted by Crippen LogP contribution is 2.25. The number of hydrogen-bond donors (Lipinski definition) is 0. The maximum absolute atomic E-state index is 12.2. The molecular weight excluding hydrogens is 412 g/mol. The van der Waals surface area contributed by atoms with E-state index in [2.05, 4.69) is 0 Å². The monoisotopic (exact) mass is 430 g/mol. The highest BCUT2D eigenvalue weighted by molar-refractivity contribution is 7.98. The van der Waals surface area contributed by atoms with Crippen LogP contribution in [0.5, 0.6) is 0 Å². The normalized spacial score (nSPS) is 10.9. The van der Waals surface area contributed by atoms with E-state index in [1.54, 1.807) is 43.0 Å². The molecule has 3 aromatic rings. The van der Waals surface area contributed by atoms with Crippen LogP contribution in [0.15, 0.2) is 56.6 Å². The molecule has 0 saturated carbocycles. The van der Waals surface area contributed by atoms with Gasteiger partial charge in [-0.05, 0) is 43.0 Å². The largest absolute Gasteiger partial charge is 0.461 e. The summed E-state index contributed by atoms with van der Waals surface area (Å²) in [5, 5.41) is 1.13. The van der Waals surface area contributed by atoms with Gasteiger partial charge in [0, 0.05) is 38.9 Å². The minimum atomic E-state index is -0.533. The summed E-state index contributed by atoms with van der Waals surface area (Å²) in [5.41, 5.74) is 1.70. The molecule has 7 heteroatoms. The van der Waals surface area contributed by atoms with Crippen molar-refractivity contribution in [1.82, 2.24) is 0 Å². The van der Waals surface area contributed by atoms with Crippen LogP contribution in [0.3, 0.4) is 0 Å². The Morgan fingerprint density at radius 2 is 1.83 bits per heavy atom. The van der Waals surface area contributed by atoms with Crippen LogP contribution in [0, 0.1) is 6.92 Å². The van der Waals surface area contributed by atoms with Gasteiger partial charge < -0.3 is 9.15 Å². The van der Waals surface area contributed by atoms with Crippen LogP contribution in [-0.2, 0) is 16.1 Å². The first-order valence-corrected chi connectivity index (χ1v) is 10.5. The van der Waals surface area contributed by atoms with Gasteiger partial charge in [0.2, 0.25) is 0 Å². The molecular formula is C22H19ClO5S. The van der Waals surface area contributed by atoms with Crippen molar-refractivity contribution in [1.29, 1.82) is 0 Å². The summed E-state index contributed by atoms with van der Waals surface area (Å²) in [6.45, 7) is 1.71. The number of rotatable bonds is 7. The van der Waals surface area contributed by atoms with Crippen LogP contribution in [0.2, 0.25) is 5.02 Å². The molecule has 0 radical (unpaired) electrons. The van der Waals surface area contributed by atoms with Crippen molar-refractivity contribution in [3.8, 4) is 0 Å². The lowest BCUT2D eigenvalue weighted by atomic mass is 10.1. The zero-order chi connectivity index (χ0) is 21.0. The number of esters is 1. The highest BCUT2D eigenvalue weighted by atomic mass is 35.5. The van der Waals surface area contributed by atoms with Gasteiger partial charge in [0.05, 0.1) is 6.42 Å². The molecule has 0 aliphatic heterocycles. The molecule has 0 atom stereocenters. The lowest BCUT2D eigenvalue weighted by Crippen LogP contribution is -2.10. The molecule has 0 bridgehead atoms. The number of thioether (sulfide) groups is 1. The van der Waals surface area contributed by atoms with Crippen molar-refractivity contribution in [3.05, 3.63) is 74.6 Å². The SMILES string of the molecule is CSc1ccc(C(=O)CCC(=O)OCc2cc(=O)oc3cc(C)c(Cl)cc23)cc1. The Morgan fingerprint density at radius 3 is 2.52 bits per heavy atom. The molecule has 0 saturated heterocycles. The average molecular weight is 431 g/mol. The Labute approximate surface area is 177 Å². The molecule has 0 spiro atoms. The minimum Gasteiger partial charge on any atom is -0.461 e. The Kier molecular flexibility index (Phi) is 6.77. The fourth-order valence-corrected chi connectivity index (χ4v) is 3.41. The Morgan fingerprint density at radius 1 is 1.10 bits per heavy atom. The van der Waals surface area contributed by atoms with Crippen LogP contribution in [0.4, 0.5) is 0 Å². The Bertz CT molecular complexity index is 1120. The van der Waals surface area contributed by atoms with E-state index in [4.69, 9.17) is 20.8 Å². The zero-order valence-electron chi connectivity index (χ0n) is 16.0. The van der Waals surface area contributed by atoms with Gasteiger partial charge in [-0.1, -0.05) is 23.7 Å². The van der Waals surface area contributed by atoms with E-state index in [0.29, 0.717) is 27.1 Å². The van der Waals surface area contributed by atoms with Gasteiger partial charge in [0.25, 0.3) is 0 Å². The summed E-state index contributed by atoms with van der Waals surface area (Å²) in [5.74, 6) is -0.638. The van der Waals surface area contributed by atoms with Crippen molar-refractivity contribution < 1.29 is 18.7 Å². The van der Waals surface area contributed by atoms with Crippen LogP contribution in [0.25, 0.3) is 11.0 Å². The number of aryl methyl sites for hydroxylation is 1. The van der Waals surface area contributed by atoms with Crippen LogP contribution >= 0.6 is 23.4 Å². The van der Waals surface area contributed by atoms with Crippen molar-refractivity contribution >= 4 is 46.1 Å². The molecule has 0 amide bonds. The molecule has 150 valence electrons. The lowest BCUT2D eigenvalue weighted by molar-refractivity contribution is -0.144. The fourth-order valence-electron chi connectivity index (χ4n) is 2.83. The minimum absolute atomic E-state index is 0.0393. The summed E-state index contributed by atoms with van der Waals surface area (Å²) < 4.78 is 10.5. The summed E-state index contributed by atoms with van der Waals surface area (Å²) in [4.78, 5) is 37.2. The van der Waals surface area contributed by atoms with Gasteiger partial charge in [0.1, 0.15) is 12.2 Å². The fraction of sp³-hybridized carbons (Fsp3) is 0.227. The van der Waals surface area contributed by atoms with Gasteiger partial charge in [-0.2, -0.15) is 0 Å². The summed E-state index contributed by atoms with van der Waals surface area (Å²) >= 11 is 7.75. The standard InChI is InChI=1S/C22H19ClO5S/c1-13-9-20-17(11-18(13)23)15(10-22(26)28-20)12-27-21(25)8-7-19(24)14-3-5-16(29-2)6-4-14/h3-6,9-11H,7-8,12H2,1-2H3. The number of fused-ring (bicyclic) bond motifs is 1. The van der Waals surface area contributed by atoms with Crippen LogP contribution in [0.1, 0.15) is 34.3 Å². The van der Waals surface area contributed by atoms with Crippen molar-refractivity contribution in [2.45, 2.75) is 31.3 Å². The number of carbonyl (C=O) groups is 2. The number of hydrogen-bond acceptors (Lipinski definition) is 6.